The van der Waals surface area contributed by atoms with Crippen molar-refractivity contribution in [2.75, 3.05) is 6.54 Å². The van der Waals surface area contributed by atoms with Gasteiger partial charge in [0.25, 0.3) is 0 Å². The summed E-state index contributed by atoms with van der Waals surface area (Å²) in [5.41, 5.74) is 1.33. The van der Waals surface area contributed by atoms with E-state index in [4.69, 9.17) is 0 Å². The molecule has 108 valence electrons. The van der Waals surface area contributed by atoms with Crippen molar-refractivity contribution < 1.29 is 8.78 Å². The Balaban J connectivity index is 2.18. The van der Waals surface area contributed by atoms with Crippen LogP contribution in [0.2, 0.25) is 0 Å². The first kappa shape index (κ1) is 14.2. The molecule has 0 spiro atoms. The highest BCUT2D eigenvalue weighted by Crippen LogP contribution is 2.33. The Hall–Kier alpha value is -1.78. The molecule has 1 atom stereocenters. The fraction of sp³-hybridized carbons (Fsp3) is 0.176. The molecule has 0 fully saturated rings. The fourth-order valence-corrected chi connectivity index (χ4v) is 3.52. The first-order valence-electron chi connectivity index (χ1n) is 6.85. The number of halogens is 2. The Bertz CT molecular complexity index is 766. The smallest absolute Gasteiger partial charge is 0.163 e. The van der Waals surface area contributed by atoms with E-state index in [-0.39, 0.29) is 6.04 Å². The maximum absolute atomic E-state index is 14.2. The molecule has 0 amide bonds. The van der Waals surface area contributed by atoms with Gasteiger partial charge in [-0.2, -0.15) is 0 Å². The Morgan fingerprint density at radius 1 is 1.05 bits per heavy atom. The first-order chi connectivity index (χ1) is 10.2. The van der Waals surface area contributed by atoms with Gasteiger partial charge in [-0.15, -0.1) is 11.3 Å². The number of hydrogen-bond donors (Lipinski definition) is 1. The first-order valence-corrected chi connectivity index (χ1v) is 7.73. The Morgan fingerprint density at radius 3 is 2.62 bits per heavy atom. The van der Waals surface area contributed by atoms with E-state index in [1.165, 1.54) is 0 Å². The van der Waals surface area contributed by atoms with E-state index in [0.29, 0.717) is 12.1 Å². The standard InChI is InChI=1S/C17H15F2NS/c1-2-20-16(12-6-4-8-14(18)15(12)19)13-7-3-5-11-9-10-21-17(11)13/h3-10,16,20H,2H2,1H3. The average Bonchev–Trinajstić information content (AvgIpc) is 2.97. The van der Waals surface area contributed by atoms with Gasteiger partial charge < -0.3 is 5.32 Å². The molecular formula is C17H15F2NS. The van der Waals surface area contributed by atoms with Gasteiger partial charge in [0.05, 0.1) is 6.04 Å². The Labute approximate surface area is 126 Å². The van der Waals surface area contributed by atoms with Crippen molar-refractivity contribution in [3.05, 3.63) is 70.6 Å². The molecule has 21 heavy (non-hydrogen) atoms. The highest BCUT2D eigenvalue weighted by Gasteiger charge is 2.21. The van der Waals surface area contributed by atoms with Crippen LogP contribution < -0.4 is 5.32 Å². The zero-order valence-corrected chi connectivity index (χ0v) is 12.4. The third kappa shape index (κ3) is 2.57. The lowest BCUT2D eigenvalue weighted by Gasteiger charge is -2.20. The van der Waals surface area contributed by atoms with Gasteiger partial charge in [0.15, 0.2) is 11.6 Å². The maximum atomic E-state index is 14.2. The molecule has 1 nitrogen and oxygen atoms in total. The monoisotopic (exact) mass is 303 g/mol. The molecule has 0 aliphatic rings. The van der Waals surface area contributed by atoms with E-state index in [1.54, 1.807) is 23.5 Å². The van der Waals surface area contributed by atoms with Crippen LogP contribution in [0.15, 0.2) is 47.8 Å². The lowest BCUT2D eigenvalue weighted by Crippen LogP contribution is -2.23. The number of fused-ring (bicyclic) bond motifs is 1. The summed E-state index contributed by atoms with van der Waals surface area (Å²) < 4.78 is 28.8. The molecule has 3 aromatic rings. The number of nitrogens with one attached hydrogen (secondary N) is 1. The second-order valence-corrected chi connectivity index (χ2v) is 5.74. The predicted molar refractivity (Wildman–Crippen MR) is 83.7 cm³/mol. The highest BCUT2D eigenvalue weighted by atomic mass is 32.1. The minimum atomic E-state index is -0.811. The van der Waals surface area contributed by atoms with Crippen molar-refractivity contribution >= 4 is 21.4 Å². The van der Waals surface area contributed by atoms with Crippen molar-refractivity contribution in [3.8, 4) is 0 Å². The van der Waals surface area contributed by atoms with Crippen molar-refractivity contribution in [1.82, 2.24) is 5.32 Å². The van der Waals surface area contributed by atoms with Crippen LogP contribution in [0.25, 0.3) is 10.1 Å². The van der Waals surface area contributed by atoms with Crippen LogP contribution in [-0.2, 0) is 0 Å². The van der Waals surface area contributed by atoms with Gasteiger partial charge in [0.1, 0.15) is 0 Å². The largest absolute Gasteiger partial charge is 0.306 e. The summed E-state index contributed by atoms with van der Waals surface area (Å²) in [6, 6.07) is 12.0. The van der Waals surface area contributed by atoms with Gasteiger partial charge in [0.2, 0.25) is 0 Å². The lowest BCUT2D eigenvalue weighted by atomic mass is 9.97. The normalized spacial score (nSPS) is 12.7. The van der Waals surface area contributed by atoms with Crippen LogP contribution in [0.3, 0.4) is 0 Å². The second-order valence-electron chi connectivity index (χ2n) is 4.82. The van der Waals surface area contributed by atoms with E-state index >= 15 is 0 Å². The summed E-state index contributed by atoms with van der Waals surface area (Å²) >= 11 is 1.62. The molecule has 0 saturated heterocycles. The SMILES string of the molecule is CCNC(c1cccc(F)c1F)c1cccc2ccsc12. The summed E-state index contributed by atoms with van der Waals surface area (Å²) in [5, 5.41) is 6.40. The van der Waals surface area contributed by atoms with E-state index < -0.39 is 11.6 Å². The van der Waals surface area contributed by atoms with Crippen molar-refractivity contribution in [3.63, 3.8) is 0 Å². The number of hydrogen-bond acceptors (Lipinski definition) is 2. The van der Waals surface area contributed by atoms with Crippen LogP contribution in [0, 0.1) is 11.6 Å². The average molecular weight is 303 g/mol. The molecule has 0 saturated carbocycles. The van der Waals surface area contributed by atoms with E-state index in [9.17, 15) is 8.78 Å². The second kappa shape index (κ2) is 5.92. The summed E-state index contributed by atoms with van der Waals surface area (Å²) in [6.45, 7) is 2.63. The third-order valence-corrected chi connectivity index (χ3v) is 4.50. The molecule has 0 aliphatic carbocycles. The maximum Gasteiger partial charge on any atom is 0.163 e. The van der Waals surface area contributed by atoms with Gasteiger partial charge in [-0.05, 0) is 35.0 Å². The molecular weight excluding hydrogens is 288 g/mol. The summed E-state index contributed by atoms with van der Waals surface area (Å²) in [5.74, 6) is -1.59. The van der Waals surface area contributed by atoms with Gasteiger partial charge in [-0.25, -0.2) is 8.78 Å². The van der Waals surface area contributed by atoms with Gasteiger partial charge in [0, 0.05) is 10.3 Å². The Kier molecular flexibility index (Phi) is 3.99. The predicted octanol–water partition coefficient (Wildman–Crippen LogP) is 4.88. The zero-order valence-electron chi connectivity index (χ0n) is 11.6. The molecule has 1 aromatic heterocycles. The van der Waals surface area contributed by atoms with E-state index in [1.807, 2.05) is 36.6 Å². The molecule has 0 aliphatic heterocycles. The molecule has 2 aromatic carbocycles. The van der Waals surface area contributed by atoms with Crippen LogP contribution in [0.1, 0.15) is 24.1 Å². The summed E-state index contributed by atoms with van der Waals surface area (Å²) in [4.78, 5) is 0. The minimum absolute atomic E-state index is 0.345. The number of rotatable bonds is 4. The quantitative estimate of drug-likeness (QED) is 0.724. The van der Waals surface area contributed by atoms with Crippen molar-refractivity contribution in [2.45, 2.75) is 13.0 Å². The third-order valence-electron chi connectivity index (χ3n) is 3.52. The zero-order chi connectivity index (χ0) is 14.8. The van der Waals surface area contributed by atoms with Gasteiger partial charge >= 0.3 is 0 Å². The van der Waals surface area contributed by atoms with Gasteiger partial charge in [-0.1, -0.05) is 37.3 Å². The number of benzene rings is 2. The number of thiophene rings is 1. The minimum Gasteiger partial charge on any atom is -0.306 e. The van der Waals surface area contributed by atoms with Crippen LogP contribution >= 0.6 is 11.3 Å². The molecule has 1 N–H and O–H groups in total. The van der Waals surface area contributed by atoms with Crippen LogP contribution in [0.4, 0.5) is 8.78 Å². The summed E-state index contributed by atoms with van der Waals surface area (Å²) in [7, 11) is 0. The Morgan fingerprint density at radius 2 is 1.81 bits per heavy atom. The lowest BCUT2D eigenvalue weighted by molar-refractivity contribution is 0.483. The van der Waals surface area contributed by atoms with Crippen molar-refractivity contribution in [2.24, 2.45) is 0 Å². The van der Waals surface area contributed by atoms with Crippen LogP contribution in [0.5, 0.6) is 0 Å². The summed E-state index contributed by atoms with van der Waals surface area (Å²) in [6.07, 6.45) is 0. The van der Waals surface area contributed by atoms with Gasteiger partial charge in [-0.3, -0.25) is 0 Å². The van der Waals surface area contributed by atoms with E-state index in [2.05, 4.69) is 5.32 Å². The molecule has 4 heteroatoms. The molecule has 1 unspecified atom stereocenters. The fourth-order valence-electron chi connectivity index (χ4n) is 2.58. The van der Waals surface area contributed by atoms with Crippen LogP contribution in [-0.4, -0.2) is 6.54 Å². The highest BCUT2D eigenvalue weighted by molar-refractivity contribution is 7.17. The molecule has 1 heterocycles. The molecule has 0 bridgehead atoms. The topological polar surface area (TPSA) is 12.0 Å². The molecule has 3 rings (SSSR count). The molecule has 0 radical (unpaired) electrons. The van der Waals surface area contributed by atoms with E-state index in [0.717, 1.165) is 21.7 Å². The van der Waals surface area contributed by atoms with Crippen molar-refractivity contribution in [1.29, 1.82) is 0 Å².